The second-order valence-corrected chi connectivity index (χ2v) is 33.1. The van der Waals surface area contributed by atoms with Crippen molar-refractivity contribution in [1.82, 2.24) is 0 Å². The number of hydrogen-bond acceptors (Lipinski definition) is 11. The minimum atomic E-state index is -0.952. The van der Waals surface area contributed by atoms with Crippen LogP contribution in [0.3, 0.4) is 0 Å². The fourth-order valence-electron chi connectivity index (χ4n) is 16.2. The molecule has 0 fully saturated rings. The predicted octanol–water partition coefficient (Wildman–Crippen LogP) is 25.2. The second kappa shape index (κ2) is 32.0. The molecule has 1 aliphatic heterocycles. The number of esters is 1. The third-order valence-electron chi connectivity index (χ3n) is 21.7. The van der Waals surface area contributed by atoms with Crippen LogP contribution in [0.15, 0.2) is 187 Å². The number of allylic oxidation sites excluding steroid dienone is 2. The van der Waals surface area contributed by atoms with E-state index in [9.17, 15) is 20.6 Å². The van der Waals surface area contributed by atoms with E-state index < -0.39 is 22.4 Å². The van der Waals surface area contributed by atoms with E-state index in [2.05, 4.69) is 197 Å². The minimum Gasteiger partial charge on any atom is -0.480 e. The zero-order chi connectivity index (χ0) is 71.8. The summed E-state index contributed by atoms with van der Waals surface area (Å²) in [5.41, 5.74) is 18.9. The van der Waals surface area contributed by atoms with Gasteiger partial charge in [-0.3, -0.25) is 0 Å². The lowest BCUT2D eigenvalue weighted by molar-refractivity contribution is -0.137. The summed E-state index contributed by atoms with van der Waals surface area (Å²) >= 11 is 7.58. The van der Waals surface area contributed by atoms with Gasteiger partial charge in [0.25, 0.3) is 0 Å². The van der Waals surface area contributed by atoms with Crippen molar-refractivity contribution >= 4 is 81.9 Å². The molecule has 0 unspecified atom stereocenters. The van der Waals surface area contributed by atoms with Crippen LogP contribution in [-0.2, 0) is 50.8 Å². The molecule has 103 heavy (non-hydrogen) atoms. The summed E-state index contributed by atoms with van der Waals surface area (Å²) in [6.07, 6.45) is 28.8. The topological polar surface area (TPSA) is 110 Å². The number of rotatable bonds is 32. The highest BCUT2D eigenvalue weighted by Crippen LogP contribution is 2.68. The van der Waals surface area contributed by atoms with Crippen molar-refractivity contribution < 1.29 is 14.3 Å². The Labute approximate surface area is 626 Å². The lowest BCUT2D eigenvalue weighted by Gasteiger charge is -2.36. The molecule has 11 heteroatoms. The summed E-state index contributed by atoms with van der Waals surface area (Å²) in [4.78, 5) is 18.9. The van der Waals surface area contributed by atoms with Gasteiger partial charge in [-0.05, 0) is 180 Å². The van der Waals surface area contributed by atoms with Gasteiger partial charge in [0.2, 0.25) is 0 Å². The third kappa shape index (κ3) is 14.0. The molecule has 6 aromatic carbocycles. The van der Waals surface area contributed by atoms with E-state index >= 15 is 0 Å². The van der Waals surface area contributed by atoms with Gasteiger partial charge in [-0.2, -0.15) is 15.8 Å². The van der Waals surface area contributed by atoms with Gasteiger partial charge in [0.15, 0.2) is 11.3 Å². The maximum Gasteiger partial charge on any atom is 0.330 e. The van der Waals surface area contributed by atoms with Crippen LogP contribution in [0.2, 0.25) is 0 Å². The SMILES string of the molecule is C=CC(=O)OCCN(C)c1ccc(-c2cc3sc4c(c3s2)C(c2ccc(CCCCCC)cc2)(c2ccc(CCCCCC)cc2)c2cc3c(cc2-4)C(c2ccc(CCCCCC)cc2)(c2ccc(CCCCCC)cc2)c2c-3sc3cc(/C=C/C4=C(C#N)C(=C(C#N)C#N)OC4(C)C)sc23)cc1. The Balaban J connectivity index is 1.06. The number of thiophene rings is 4. The summed E-state index contributed by atoms with van der Waals surface area (Å²) in [5, 5.41) is 30.5. The van der Waals surface area contributed by atoms with Crippen LogP contribution in [0.5, 0.6) is 0 Å². The molecule has 4 aromatic heterocycles. The van der Waals surface area contributed by atoms with E-state index in [1.807, 2.05) is 73.1 Å². The smallest absolute Gasteiger partial charge is 0.330 e. The Morgan fingerprint density at radius 3 is 1.37 bits per heavy atom. The summed E-state index contributed by atoms with van der Waals surface area (Å²) < 4.78 is 16.7. The summed E-state index contributed by atoms with van der Waals surface area (Å²) in [5.74, 6) is -0.374. The summed E-state index contributed by atoms with van der Waals surface area (Å²) in [6, 6.07) is 64.5. The molecule has 0 bridgehead atoms. The fraction of sp³-hybridized carbons (Fsp3) is 0.348. The average Bonchev–Trinajstić information content (AvgIpc) is 1.49. The maximum absolute atomic E-state index is 11.9. The standard InChI is InChI=1S/C92H94N4O3S4/c1-9-14-18-22-26-61-30-40-67(41-31-61)91(68-42-32-62(33-43-68)27-23-19-15-10-2)77-56-74-78(55-73(77)86-83(91)88-80(102-86)54-72(100-88)50-51-76-75(60-95)85(66(58-93)59-94)99-90(76,6)7)92(69-44-34-63(35-45-69)28-24-20-16-11-3,70-46-36-64(37-47-70)29-25-21-17-12-4)84-87(74)103-81-57-79(101-89(81)84)65-38-48-71(49-39-65)96(8)52-53-98-82(97)13-5/h13,30-51,54-57H,5,9-12,14-29,52-53H2,1-4,6-8H3/b51-50+. The lowest BCUT2D eigenvalue weighted by atomic mass is 9.65. The van der Waals surface area contributed by atoms with Crippen LogP contribution in [0.25, 0.3) is 56.2 Å². The number of benzene rings is 6. The van der Waals surface area contributed by atoms with E-state index in [1.54, 1.807) is 11.3 Å². The molecule has 0 N–H and O–H groups in total. The van der Waals surface area contributed by atoms with Crippen molar-refractivity contribution in [2.45, 2.75) is 186 Å². The molecule has 13 rings (SSSR count). The molecule has 0 saturated heterocycles. The highest BCUT2D eigenvalue weighted by Gasteiger charge is 2.54. The van der Waals surface area contributed by atoms with Crippen molar-refractivity contribution in [2.24, 2.45) is 0 Å². The molecule has 0 spiro atoms. The van der Waals surface area contributed by atoms with Gasteiger partial charge in [-0.25, -0.2) is 4.79 Å². The average molecular weight is 1430 g/mol. The van der Waals surface area contributed by atoms with Crippen LogP contribution in [0.1, 0.15) is 216 Å². The van der Waals surface area contributed by atoms with Gasteiger partial charge < -0.3 is 14.4 Å². The molecule has 5 heterocycles. The van der Waals surface area contributed by atoms with E-state index in [4.69, 9.17) is 9.47 Å². The van der Waals surface area contributed by atoms with Crippen molar-refractivity contribution in [3.8, 4) is 49.5 Å². The van der Waals surface area contributed by atoms with E-state index in [0.717, 1.165) is 49.1 Å². The molecule has 0 radical (unpaired) electrons. The summed E-state index contributed by atoms with van der Waals surface area (Å²) in [7, 11) is 2.03. The van der Waals surface area contributed by atoms with Crippen molar-refractivity contribution in [3.63, 3.8) is 0 Å². The normalized spacial score (nSPS) is 14.3. The number of anilines is 1. The third-order valence-corrected chi connectivity index (χ3v) is 26.6. The highest BCUT2D eigenvalue weighted by atomic mass is 32.1. The van der Waals surface area contributed by atoms with Gasteiger partial charge in [0.1, 0.15) is 36.0 Å². The van der Waals surface area contributed by atoms with Crippen LogP contribution < -0.4 is 4.90 Å². The summed E-state index contributed by atoms with van der Waals surface area (Å²) in [6.45, 7) is 17.3. The second-order valence-electron chi connectivity index (χ2n) is 28.8. The first kappa shape index (κ1) is 72.5. The number of fused-ring (bicyclic) bond motifs is 10. The van der Waals surface area contributed by atoms with E-state index in [1.165, 1.54) is 213 Å². The predicted molar refractivity (Wildman–Crippen MR) is 434 cm³/mol. The molecule has 3 aliphatic rings. The molecule has 7 nitrogen and oxygen atoms in total. The van der Waals surface area contributed by atoms with Gasteiger partial charge in [0.05, 0.1) is 26.8 Å². The quantitative estimate of drug-likeness (QED) is 0.0179. The van der Waals surface area contributed by atoms with Gasteiger partial charge in [-0.15, -0.1) is 45.3 Å². The Morgan fingerprint density at radius 2 is 0.961 bits per heavy atom. The van der Waals surface area contributed by atoms with Gasteiger partial charge >= 0.3 is 5.97 Å². The monoisotopic (exact) mass is 1430 g/mol. The number of nitrogens with zero attached hydrogens (tertiary/aromatic N) is 4. The Bertz CT molecular complexity index is 4840. The van der Waals surface area contributed by atoms with Crippen LogP contribution in [-0.4, -0.2) is 31.8 Å². The molecule has 524 valence electrons. The van der Waals surface area contributed by atoms with Crippen molar-refractivity contribution in [1.29, 1.82) is 15.8 Å². The maximum atomic E-state index is 11.9. The Hall–Kier alpha value is -8.86. The first-order valence-electron chi connectivity index (χ1n) is 37.7. The minimum absolute atomic E-state index is 0.0400. The molecule has 0 saturated carbocycles. The number of carbonyl (C=O) groups is 1. The van der Waals surface area contributed by atoms with Crippen LogP contribution in [0.4, 0.5) is 5.69 Å². The Morgan fingerprint density at radius 1 is 0.534 bits per heavy atom. The van der Waals surface area contributed by atoms with Crippen molar-refractivity contribution in [2.75, 3.05) is 25.1 Å². The largest absolute Gasteiger partial charge is 0.480 e. The van der Waals surface area contributed by atoms with E-state index in [0.29, 0.717) is 12.1 Å². The lowest BCUT2D eigenvalue weighted by Crippen LogP contribution is -2.30. The zero-order valence-corrected chi connectivity index (χ0v) is 64.3. The first-order chi connectivity index (χ1) is 50.3. The first-order valence-corrected chi connectivity index (χ1v) is 40.9. The number of carbonyl (C=O) groups excluding carboxylic acids is 1. The zero-order valence-electron chi connectivity index (χ0n) is 61.0. The molecule has 0 amide bonds. The van der Waals surface area contributed by atoms with Crippen molar-refractivity contribution in [3.05, 3.63) is 258 Å². The molecule has 10 aromatic rings. The Kier molecular flexibility index (Phi) is 22.5. The van der Waals surface area contributed by atoms with Gasteiger partial charge in [-0.1, -0.05) is 227 Å². The number of ether oxygens (including phenoxy) is 2. The highest BCUT2D eigenvalue weighted by molar-refractivity contribution is 7.32. The number of aryl methyl sites for hydroxylation is 4. The molecular weight excluding hydrogens is 1340 g/mol. The molecule has 0 atom stereocenters. The number of nitriles is 3. The van der Waals surface area contributed by atoms with Gasteiger partial charge in [0, 0.05) is 64.4 Å². The number of hydrogen-bond donors (Lipinski definition) is 0. The molecule has 2 aliphatic carbocycles. The number of likely N-dealkylation sites (N-methyl/N-ethyl adjacent to an activating group) is 1. The van der Waals surface area contributed by atoms with E-state index in [-0.39, 0.29) is 23.5 Å². The fourth-order valence-corrected chi connectivity index (χ4v) is 21.7. The molecular formula is C92H94N4O3S4. The van der Waals surface area contributed by atoms with Crippen LogP contribution in [0, 0.1) is 34.0 Å². The number of unbranched alkanes of at least 4 members (excludes halogenated alkanes) is 12. The van der Waals surface area contributed by atoms with Crippen LogP contribution >= 0.6 is 45.3 Å².